The van der Waals surface area contributed by atoms with E-state index in [1.165, 1.54) is 0 Å². The van der Waals surface area contributed by atoms with Crippen LogP contribution >= 0.6 is 23.2 Å². The smallest absolute Gasteiger partial charge is 0.173 e. The van der Waals surface area contributed by atoms with Gasteiger partial charge in [-0.2, -0.15) is 0 Å². The van der Waals surface area contributed by atoms with E-state index in [0.717, 1.165) is 25.7 Å². The fourth-order valence-corrected chi connectivity index (χ4v) is 4.98. The van der Waals surface area contributed by atoms with E-state index in [1.807, 2.05) is 0 Å². The van der Waals surface area contributed by atoms with Crippen molar-refractivity contribution in [2.45, 2.75) is 57.8 Å². The first-order valence-electron chi connectivity index (χ1n) is 9.56. The Balaban J connectivity index is 1.64. The van der Waals surface area contributed by atoms with Crippen molar-refractivity contribution >= 4 is 29.0 Å². The standard InChI is InChI=1S/C21H23Cl2NO4/c1-21(2,26)20-14(10-27-13-8-11-6-7-12(9-13)19(11)25)18(24-28-20)17-15(22)4-3-5-16(17)23/h3-5,11-13,26H,6-10H2,1-2H3/t11-,12+,13+. The van der Waals surface area contributed by atoms with Crippen LogP contribution in [0.15, 0.2) is 22.7 Å². The molecule has 0 unspecified atom stereocenters. The maximum Gasteiger partial charge on any atom is 0.173 e. The highest BCUT2D eigenvalue weighted by molar-refractivity contribution is 6.39. The number of hydrogen-bond donors (Lipinski definition) is 1. The molecular weight excluding hydrogens is 401 g/mol. The molecule has 2 aliphatic carbocycles. The molecule has 2 aromatic rings. The van der Waals surface area contributed by atoms with Gasteiger partial charge >= 0.3 is 0 Å². The zero-order valence-electron chi connectivity index (χ0n) is 15.9. The summed E-state index contributed by atoms with van der Waals surface area (Å²) >= 11 is 12.7. The largest absolute Gasteiger partial charge is 0.382 e. The number of fused-ring (bicyclic) bond motifs is 2. The lowest BCUT2D eigenvalue weighted by atomic mass is 9.86. The number of aliphatic hydroxyl groups is 1. The van der Waals surface area contributed by atoms with Gasteiger partial charge in [-0.05, 0) is 51.7 Å². The summed E-state index contributed by atoms with van der Waals surface area (Å²) in [5.74, 6) is 0.966. The van der Waals surface area contributed by atoms with Crippen molar-refractivity contribution in [3.8, 4) is 11.3 Å². The van der Waals surface area contributed by atoms with Gasteiger partial charge in [0.1, 0.15) is 17.1 Å². The summed E-state index contributed by atoms with van der Waals surface area (Å²) in [6, 6.07) is 5.22. The molecule has 0 saturated heterocycles. The summed E-state index contributed by atoms with van der Waals surface area (Å²) in [5, 5.41) is 15.6. The van der Waals surface area contributed by atoms with Crippen LogP contribution < -0.4 is 0 Å². The molecule has 4 rings (SSSR count). The number of Topliss-reactive ketones (excluding diaryl/α,β-unsaturated/α-hetero) is 1. The average molecular weight is 424 g/mol. The van der Waals surface area contributed by atoms with Gasteiger partial charge in [0.25, 0.3) is 0 Å². The molecule has 3 atom stereocenters. The topological polar surface area (TPSA) is 72.6 Å². The molecule has 150 valence electrons. The Morgan fingerprint density at radius 2 is 1.82 bits per heavy atom. The van der Waals surface area contributed by atoms with E-state index in [1.54, 1.807) is 32.0 Å². The molecule has 5 nitrogen and oxygen atoms in total. The van der Waals surface area contributed by atoms with E-state index >= 15 is 0 Å². The van der Waals surface area contributed by atoms with E-state index in [4.69, 9.17) is 32.5 Å². The number of rotatable bonds is 5. The molecule has 2 bridgehead atoms. The second-order valence-corrected chi connectivity index (χ2v) is 9.09. The average Bonchev–Trinajstić information content (AvgIpc) is 3.10. The van der Waals surface area contributed by atoms with Gasteiger partial charge in [-0.3, -0.25) is 4.79 Å². The first kappa shape index (κ1) is 19.9. The van der Waals surface area contributed by atoms with E-state index in [0.29, 0.717) is 38.4 Å². The van der Waals surface area contributed by atoms with Crippen molar-refractivity contribution in [3.05, 3.63) is 39.6 Å². The summed E-state index contributed by atoms with van der Waals surface area (Å²) in [6.45, 7) is 3.47. The summed E-state index contributed by atoms with van der Waals surface area (Å²) in [4.78, 5) is 12.1. The number of hydrogen-bond acceptors (Lipinski definition) is 5. The van der Waals surface area contributed by atoms with Gasteiger partial charge in [-0.15, -0.1) is 0 Å². The van der Waals surface area contributed by atoms with Crippen molar-refractivity contribution in [2.24, 2.45) is 11.8 Å². The van der Waals surface area contributed by atoms with Crippen LogP contribution in [0.3, 0.4) is 0 Å². The lowest BCUT2D eigenvalue weighted by molar-refractivity contribution is -0.130. The molecule has 2 saturated carbocycles. The van der Waals surface area contributed by atoms with Crippen LogP contribution in [0.25, 0.3) is 11.3 Å². The Morgan fingerprint density at radius 1 is 1.21 bits per heavy atom. The Morgan fingerprint density at radius 3 is 2.39 bits per heavy atom. The molecule has 1 N–H and O–H groups in total. The second kappa shape index (κ2) is 7.45. The van der Waals surface area contributed by atoms with Crippen molar-refractivity contribution < 1.29 is 19.2 Å². The van der Waals surface area contributed by atoms with E-state index < -0.39 is 5.60 Å². The lowest BCUT2D eigenvalue weighted by Crippen LogP contribution is -2.31. The third kappa shape index (κ3) is 3.61. The molecule has 0 radical (unpaired) electrons. The van der Waals surface area contributed by atoms with Gasteiger partial charge in [-0.1, -0.05) is 34.4 Å². The number of nitrogens with zero attached hydrogens (tertiary/aromatic N) is 1. The molecule has 28 heavy (non-hydrogen) atoms. The minimum absolute atomic E-state index is 0.00863. The quantitative estimate of drug-likeness (QED) is 0.719. The molecule has 7 heteroatoms. The van der Waals surface area contributed by atoms with Gasteiger partial charge < -0.3 is 14.4 Å². The highest BCUT2D eigenvalue weighted by Crippen LogP contribution is 2.42. The summed E-state index contributed by atoms with van der Waals surface area (Å²) in [5.41, 5.74) is 0.427. The SMILES string of the molecule is CC(C)(O)c1onc(-c2c(Cl)cccc2Cl)c1CO[C@H]1C[C@H]2CC[C@@H](C1)C2=O. The third-order valence-corrected chi connectivity index (χ3v) is 6.40. The van der Waals surface area contributed by atoms with Crippen LogP contribution in [0.1, 0.15) is 50.9 Å². The number of carbonyl (C=O) groups is 1. The molecule has 0 amide bonds. The first-order chi connectivity index (χ1) is 13.3. The minimum Gasteiger partial charge on any atom is -0.382 e. The molecule has 2 aliphatic rings. The van der Waals surface area contributed by atoms with Crippen LogP contribution in [0.2, 0.25) is 10.0 Å². The number of aromatic nitrogens is 1. The molecule has 2 fully saturated rings. The maximum absolute atomic E-state index is 12.1. The first-order valence-corrected chi connectivity index (χ1v) is 10.3. The molecule has 1 aromatic carbocycles. The van der Waals surface area contributed by atoms with E-state index in [-0.39, 0.29) is 24.5 Å². The molecule has 0 spiro atoms. The summed E-state index contributed by atoms with van der Waals surface area (Å²) in [6.07, 6.45) is 3.44. The van der Waals surface area contributed by atoms with Crippen molar-refractivity contribution in [1.29, 1.82) is 0 Å². The van der Waals surface area contributed by atoms with Crippen molar-refractivity contribution in [3.63, 3.8) is 0 Å². The van der Waals surface area contributed by atoms with Crippen LogP contribution in [-0.2, 0) is 21.7 Å². The molecule has 0 aliphatic heterocycles. The Bertz CT molecular complexity index is 866. The fourth-order valence-electron chi connectivity index (χ4n) is 4.40. The zero-order chi connectivity index (χ0) is 20.1. The summed E-state index contributed by atoms with van der Waals surface area (Å²) in [7, 11) is 0. The highest BCUT2D eigenvalue weighted by atomic mass is 35.5. The Kier molecular flexibility index (Phi) is 5.29. The predicted molar refractivity (Wildman–Crippen MR) is 106 cm³/mol. The molecular formula is C21H23Cl2NO4. The molecule has 1 aromatic heterocycles. The van der Waals surface area contributed by atoms with Crippen LogP contribution in [0, 0.1) is 11.8 Å². The van der Waals surface area contributed by atoms with E-state index in [2.05, 4.69) is 5.16 Å². The fraction of sp³-hybridized carbons (Fsp3) is 0.524. The van der Waals surface area contributed by atoms with Crippen LogP contribution in [0.4, 0.5) is 0 Å². The van der Waals surface area contributed by atoms with Crippen molar-refractivity contribution in [1.82, 2.24) is 5.16 Å². The van der Waals surface area contributed by atoms with Gasteiger partial charge in [0.2, 0.25) is 0 Å². The second-order valence-electron chi connectivity index (χ2n) is 8.27. The number of benzene rings is 1. The third-order valence-electron chi connectivity index (χ3n) is 5.77. The van der Waals surface area contributed by atoms with Gasteiger partial charge in [-0.25, -0.2) is 0 Å². The Hall–Kier alpha value is -1.40. The Labute approximate surface area is 173 Å². The lowest BCUT2D eigenvalue weighted by Gasteiger charge is -2.27. The van der Waals surface area contributed by atoms with Gasteiger partial charge in [0, 0.05) is 17.4 Å². The molecule has 1 heterocycles. The van der Waals surface area contributed by atoms with E-state index in [9.17, 15) is 9.90 Å². The predicted octanol–water partition coefficient (Wildman–Crippen LogP) is 5.15. The number of halogens is 2. The maximum atomic E-state index is 12.1. The van der Waals surface area contributed by atoms with Crippen LogP contribution in [-0.4, -0.2) is 22.2 Å². The highest BCUT2D eigenvalue weighted by Gasteiger charge is 2.42. The normalized spacial score (nSPS) is 24.8. The monoisotopic (exact) mass is 423 g/mol. The number of ether oxygens (including phenoxy) is 1. The number of ketones is 1. The van der Waals surface area contributed by atoms with Gasteiger partial charge in [0.05, 0.1) is 28.3 Å². The summed E-state index contributed by atoms with van der Waals surface area (Å²) < 4.78 is 11.7. The van der Waals surface area contributed by atoms with Crippen LogP contribution in [0.5, 0.6) is 0 Å². The number of carbonyl (C=O) groups excluding carboxylic acids is 1. The zero-order valence-corrected chi connectivity index (χ0v) is 17.4. The van der Waals surface area contributed by atoms with Gasteiger partial charge in [0.15, 0.2) is 5.76 Å². The minimum atomic E-state index is -1.24. The van der Waals surface area contributed by atoms with Crippen molar-refractivity contribution in [2.75, 3.05) is 0 Å².